The van der Waals surface area contributed by atoms with Gasteiger partial charge in [-0.1, -0.05) is 13.8 Å². The van der Waals surface area contributed by atoms with Gasteiger partial charge in [-0.05, 0) is 18.1 Å². The molecule has 0 saturated heterocycles. The van der Waals surface area contributed by atoms with Crippen LogP contribution in [-0.2, 0) is 4.79 Å². The van der Waals surface area contributed by atoms with Gasteiger partial charge in [0, 0.05) is 0 Å². The van der Waals surface area contributed by atoms with Crippen LogP contribution in [0.25, 0.3) is 0 Å². The number of nitrogens with one attached hydrogen (secondary N) is 2. The molecule has 1 atom stereocenters. The van der Waals surface area contributed by atoms with Crippen molar-refractivity contribution in [3.05, 3.63) is 24.2 Å². The summed E-state index contributed by atoms with van der Waals surface area (Å²) < 4.78 is 30.9. The molecule has 4 N–H and O–H groups in total. The molecule has 0 bridgehead atoms. The highest BCUT2D eigenvalue weighted by atomic mass is 35.5. The molecule has 1 rings (SSSR count). The van der Waals surface area contributed by atoms with E-state index in [1.807, 2.05) is 0 Å². The van der Waals surface area contributed by atoms with Gasteiger partial charge in [0.15, 0.2) is 5.76 Å². The molecule has 6 nitrogen and oxygen atoms in total. The monoisotopic (exact) mass is 339 g/mol. The first-order valence-electron chi connectivity index (χ1n) is 6.47. The van der Waals surface area contributed by atoms with Crippen LogP contribution in [0.5, 0.6) is 0 Å². The number of rotatable bonds is 7. The number of furan rings is 1. The summed E-state index contributed by atoms with van der Waals surface area (Å²) >= 11 is 0. The molecule has 2 amide bonds. The zero-order valence-corrected chi connectivity index (χ0v) is 13.1. The van der Waals surface area contributed by atoms with Crippen LogP contribution >= 0.6 is 12.4 Å². The zero-order valence-electron chi connectivity index (χ0n) is 12.3. The van der Waals surface area contributed by atoms with Crippen LogP contribution in [0.15, 0.2) is 22.8 Å². The molecule has 0 radical (unpaired) electrons. The number of alkyl halides is 2. The van der Waals surface area contributed by atoms with E-state index in [9.17, 15) is 18.4 Å². The van der Waals surface area contributed by atoms with Crippen molar-refractivity contribution in [3.8, 4) is 0 Å². The SMILES string of the molecule is CC(C)C(NC(=O)c1ccco1)C(=O)NCC(F)(F)CN.Cl. The molecule has 0 aliphatic carbocycles. The molecule has 0 spiro atoms. The minimum absolute atomic E-state index is 0. The molecule has 0 saturated carbocycles. The molecule has 0 aliphatic heterocycles. The van der Waals surface area contributed by atoms with Gasteiger partial charge >= 0.3 is 0 Å². The summed E-state index contributed by atoms with van der Waals surface area (Å²) in [4.78, 5) is 23.8. The standard InChI is InChI=1S/C13H19F2N3O3.ClH/c1-8(2)10(12(20)17-7-13(14,15)6-16)18-11(19)9-4-3-5-21-9;/h3-5,8,10H,6-7,16H2,1-2H3,(H,17,20)(H,18,19);1H. The fourth-order valence-corrected chi connectivity index (χ4v) is 1.55. The molecular formula is C13H20ClF2N3O3. The third kappa shape index (κ3) is 5.98. The number of hydrogen-bond donors (Lipinski definition) is 3. The summed E-state index contributed by atoms with van der Waals surface area (Å²) in [5.74, 6) is -4.70. The summed E-state index contributed by atoms with van der Waals surface area (Å²) in [7, 11) is 0. The maximum absolute atomic E-state index is 13.0. The summed E-state index contributed by atoms with van der Waals surface area (Å²) in [6, 6.07) is 2.02. The first-order chi connectivity index (χ1) is 9.76. The Balaban J connectivity index is 0.00000441. The van der Waals surface area contributed by atoms with E-state index in [4.69, 9.17) is 10.2 Å². The van der Waals surface area contributed by atoms with Crippen molar-refractivity contribution < 1.29 is 22.8 Å². The van der Waals surface area contributed by atoms with Crippen LogP contribution in [0.1, 0.15) is 24.4 Å². The van der Waals surface area contributed by atoms with Crippen LogP contribution in [0.2, 0.25) is 0 Å². The molecule has 1 aromatic heterocycles. The van der Waals surface area contributed by atoms with Crippen molar-refractivity contribution >= 4 is 24.2 Å². The van der Waals surface area contributed by atoms with E-state index in [1.165, 1.54) is 18.4 Å². The Hall–Kier alpha value is -1.67. The lowest BCUT2D eigenvalue weighted by Gasteiger charge is -2.22. The van der Waals surface area contributed by atoms with Gasteiger partial charge in [0.1, 0.15) is 6.04 Å². The van der Waals surface area contributed by atoms with Gasteiger partial charge < -0.3 is 20.8 Å². The number of halogens is 3. The van der Waals surface area contributed by atoms with Crippen LogP contribution in [-0.4, -0.2) is 36.9 Å². The lowest BCUT2D eigenvalue weighted by Crippen LogP contribution is -2.52. The first-order valence-corrected chi connectivity index (χ1v) is 6.47. The average Bonchev–Trinajstić information content (AvgIpc) is 2.96. The Morgan fingerprint density at radius 2 is 2.05 bits per heavy atom. The second kappa shape index (κ2) is 8.70. The van der Waals surface area contributed by atoms with E-state index < -0.39 is 36.9 Å². The Kier molecular flexibility index (Phi) is 8.04. The molecule has 0 aliphatic rings. The molecule has 0 fully saturated rings. The molecule has 9 heteroatoms. The van der Waals surface area contributed by atoms with Gasteiger partial charge in [-0.3, -0.25) is 9.59 Å². The first kappa shape index (κ1) is 20.3. The average molecular weight is 340 g/mol. The second-order valence-electron chi connectivity index (χ2n) is 4.95. The normalized spacial score (nSPS) is 12.5. The molecule has 1 aromatic rings. The van der Waals surface area contributed by atoms with Gasteiger partial charge in [0.25, 0.3) is 11.8 Å². The fraction of sp³-hybridized carbons (Fsp3) is 0.538. The highest BCUT2D eigenvalue weighted by Gasteiger charge is 2.31. The summed E-state index contributed by atoms with van der Waals surface area (Å²) in [6.45, 7) is 1.64. The molecule has 1 unspecified atom stereocenters. The maximum Gasteiger partial charge on any atom is 0.287 e. The minimum atomic E-state index is -3.18. The van der Waals surface area contributed by atoms with Crippen molar-refractivity contribution in [1.82, 2.24) is 10.6 Å². The number of carbonyl (C=O) groups excluding carboxylic acids is 2. The smallest absolute Gasteiger partial charge is 0.287 e. The van der Waals surface area contributed by atoms with E-state index in [2.05, 4.69) is 10.6 Å². The third-order valence-corrected chi connectivity index (χ3v) is 2.80. The van der Waals surface area contributed by atoms with Gasteiger partial charge in [-0.25, -0.2) is 8.78 Å². The van der Waals surface area contributed by atoms with Crippen LogP contribution < -0.4 is 16.4 Å². The fourth-order valence-electron chi connectivity index (χ4n) is 1.55. The second-order valence-corrected chi connectivity index (χ2v) is 4.95. The molecule has 0 aromatic carbocycles. The quantitative estimate of drug-likeness (QED) is 0.694. The number of nitrogens with two attached hydrogens (primary N) is 1. The predicted octanol–water partition coefficient (Wildman–Crippen LogP) is 1.17. The van der Waals surface area contributed by atoms with E-state index in [-0.39, 0.29) is 24.1 Å². The van der Waals surface area contributed by atoms with Crippen LogP contribution in [0, 0.1) is 5.92 Å². The topological polar surface area (TPSA) is 97.4 Å². The largest absolute Gasteiger partial charge is 0.459 e. The highest BCUT2D eigenvalue weighted by molar-refractivity contribution is 5.95. The Bertz CT molecular complexity index is 481. The Labute approximate surface area is 133 Å². The van der Waals surface area contributed by atoms with Gasteiger partial charge in [-0.2, -0.15) is 0 Å². The van der Waals surface area contributed by atoms with E-state index in [0.29, 0.717) is 0 Å². The molecule has 22 heavy (non-hydrogen) atoms. The lowest BCUT2D eigenvalue weighted by atomic mass is 10.0. The molecular weight excluding hydrogens is 320 g/mol. The number of amides is 2. The van der Waals surface area contributed by atoms with E-state index >= 15 is 0 Å². The number of hydrogen-bond acceptors (Lipinski definition) is 4. The van der Waals surface area contributed by atoms with E-state index in [0.717, 1.165) is 0 Å². The predicted molar refractivity (Wildman–Crippen MR) is 79.1 cm³/mol. The van der Waals surface area contributed by atoms with Crippen molar-refractivity contribution in [1.29, 1.82) is 0 Å². The lowest BCUT2D eigenvalue weighted by molar-refractivity contribution is -0.125. The number of carbonyl (C=O) groups is 2. The Morgan fingerprint density at radius 1 is 1.41 bits per heavy atom. The van der Waals surface area contributed by atoms with Crippen molar-refractivity contribution in [2.24, 2.45) is 11.7 Å². The van der Waals surface area contributed by atoms with Crippen LogP contribution in [0.3, 0.4) is 0 Å². The summed E-state index contributed by atoms with van der Waals surface area (Å²) in [5.41, 5.74) is 4.89. The van der Waals surface area contributed by atoms with Gasteiger partial charge in [0.05, 0.1) is 19.4 Å². The zero-order chi connectivity index (χ0) is 16.0. The maximum atomic E-state index is 13.0. The summed E-state index contributed by atoms with van der Waals surface area (Å²) in [5, 5.41) is 4.54. The third-order valence-electron chi connectivity index (χ3n) is 2.80. The van der Waals surface area contributed by atoms with Crippen molar-refractivity contribution in [3.63, 3.8) is 0 Å². The summed E-state index contributed by atoms with van der Waals surface area (Å²) in [6.07, 6.45) is 1.32. The molecule has 126 valence electrons. The van der Waals surface area contributed by atoms with Gasteiger partial charge in [0.2, 0.25) is 5.91 Å². The van der Waals surface area contributed by atoms with Gasteiger partial charge in [-0.15, -0.1) is 12.4 Å². The van der Waals surface area contributed by atoms with Crippen molar-refractivity contribution in [2.45, 2.75) is 25.8 Å². The van der Waals surface area contributed by atoms with Crippen LogP contribution in [0.4, 0.5) is 8.78 Å². The Morgan fingerprint density at radius 3 is 2.50 bits per heavy atom. The molecule has 1 heterocycles. The highest BCUT2D eigenvalue weighted by Crippen LogP contribution is 2.10. The van der Waals surface area contributed by atoms with E-state index in [1.54, 1.807) is 13.8 Å². The minimum Gasteiger partial charge on any atom is -0.459 e. The van der Waals surface area contributed by atoms with Crippen molar-refractivity contribution in [2.75, 3.05) is 13.1 Å².